The van der Waals surface area contributed by atoms with Gasteiger partial charge in [-0.25, -0.2) is 4.79 Å². The Morgan fingerprint density at radius 2 is 1.90 bits per heavy atom. The average molecular weight is 559 g/mol. The van der Waals surface area contributed by atoms with Gasteiger partial charge < -0.3 is 19.1 Å². The van der Waals surface area contributed by atoms with Crippen molar-refractivity contribution in [3.05, 3.63) is 82.5 Å². The van der Waals surface area contributed by atoms with Crippen molar-refractivity contribution in [1.29, 1.82) is 0 Å². The topological polar surface area (TPSA) is 86.7 Å². The summed E-state index contributed by atoms with van der Waals surface area (Å²) < 4.78 is 56.4. The fourth-order valence-corrected chi connectivity index (χ4v) is 4.62. The van der Waals surface area contributed by atoms with Crippen LogP contribution in [0.15, 0.2) is 65.2 Å². The van der Waals surface area contributed by atoms with Gasteiger partial charge in [0.15, 0.2) is 24.1 Å². The Morgan fingerprint density at radius 1 is 1.10 bits per heavy atom. The van der Waals surface area contributed by atoms with Crippen LogP contribution >= 0.6 is 11.6 Å². The molecule has 0 radical (unpaired) electrons. The van der Waals surface area contributed by atoms with Crippen LogP contribution < -0.4 is 9.47 Å². The Kier molecular flexibility index (Phi) is 6.90. The molecule has 11 heteroatoms. The van der Waals surface area contributed by atoms with E-state index >= 15 is 0 Å². The van der Waals surface area contributed by atoms with Crippen LogP contribution in [0.2, 0.25) is 5.02 Å². The molecule has 2 aromatic heterocycles. The van der Waals surface area contributed by atoms with Gasteiger partial charge in [0, 0.05) is 22.2 Å². The lowest BCUT2D eigenvalue weighted by molar-refractivity contribution is -0.153. The van der Waals surface area contributed by atoms with Crippen molar-refractivity contribution in [3.63, 3.8) is 0 Å². The quantitative estimate of drug-likeness (QED) is 0.218. The minimum atomic E-state index is -4.48. The number of aromatic nitrogens is 2. The summed E-state index contributed by atoms with van der Waals surface area (Å²) in [7, 11) is 0. The average Bonchev–Trinajstić information content (AvgIpc) is 3.40. The third kappa shape index (κ3) is 5.51. The second-order valence-corrected chi connectivity index (χ2v) is 9.49. The summed E-state index contributed by atoms with van der Waals surface area (Å²) in [6.07, 6.45) is -5.14. The number of carboxylic acids is 1. The van der Waals surface area contributed by atoms with Gasteiger partial charge in [0.05, 0.1) is 10.9 Å². The van der Waals surface area contributed by atoms with Crippen molar-refractivity contribution >= 4 is 39.4 Å². The lowest BCUT2D eigenvalue weighted by atomic mass is 10.0. The highest BCUT2D eigenvalue weighted by atomic mass is 35.5. The summed E-state index contributed by atoms with van der Waals surface area (Å²) >= 11 is 6.10. The number of carboxylic acid groups (broad SMARTS) is 1. The van der Waals surface area contributed by atoms with Crippen molar-refractivity contribution in [2.75, 3.05) is 6.61 Å². The molecule has 0 saturated heterocycles. The van der Waals surface area contributed by atoms with Gasteiger partial charge in [-0.2, -0.15) is 13.2 Å². The molecule has 1 atom stereocenters. The first-order valence-corrected chi connectivity index (χ1v) is 12.2. The van der Waals surface area contributed by atoms with Crippen LogP contribution in [0.3, 0.4) is 0 Å². The summed E-state index contributed by atoms with van der Waals surface area (Å²) in [4.78, 5) is 11.2. The second kappa shape index (κ2) is 10.2. The van der Waals surface area contributed by atoms with Gasteiger partial charge in [0.25, 0.3) is 0 Å². The van der Waals surface area contributed by atoms with Gasteiger partial charge in [-0.1, -0.05) is 28.9 Å². The molecule has 1 N–H and O–H groups in total. The zero-order valence-electron chi connectivity index (χ0n) is 20.8. The zero-order chi connectivity index (χ0) is 27.9. The van der Waals surface area contributed by atoms with Crippen LogP contribution in [0.5, 0.6) is 11.5 Å². The van der Waals surface area contributed by atoms with Gasteiger partial charge in [-0.05, 0) is 73.9 Å². The number of rotatable bonds is 8. The number of benzene rings is 3. The fraction of sp³-hybridized carbons (Fsp3) is 0.214. The number of aliphatic carboxylic acids is 1. The number of halogens is 4. The number of nitrogens with zero attached hydrogens (tertiary/aromatic N) is 2. The molecule has 0 fully saturated rings. The number of carbonyl (C=O) groups is 1. The Bertz CT molecular complexity index is 1690. The predicted octanol–water partition coefficient (Wildman–Crippen LogP) is 7.12. The maximum absolute atomic E-state index is 12.8. The summed E-state index contributed by atoms with van der Waals surface area (Å²) in [6, 6.07) is 16.9. The number of ether oxygens (including phenoxy) is 2. The highest BCUT2D eigenvalue weighted by molar-refractivity contribution is 6.31. The summed E-state index contributed by atoms with van der Waals surface area (Å²) in [5.74, 6) is -0.127. The molecule has 0 saturated carbocycles. The van der Waals surface area contributed by atoms with E-state index in [1.807, 2.05) is 17.6 Å². The first kappa shape index (κ1) is 26.4. The molecule has 0 aliphatic rings. The van der Waals surface area contributed by atoms with E-state index in [1.54, 1.807) is 48.5 Å². The molecule has 0 spiro atoms. The van der Waals surface area contributed by atoms with E-state index in [1.165, 1.54) is 13.0 Å². The molecule has 5 rings (SSSR count). The first-order chi connectivity index (χ1) is 18.5. The predicted molar refractivity (Wildman–Crippen MR) is 139 cm³/mol. The van der Waals surface area contributed by atoms with Crippen molar-refractivity contribution in [2.24, 2.45) is 0 Å². The standard InChI is InChI=1S/C28H22ClF3N2O5/c1-15-22(11-17-4-3-5-20(10-17)38-16(2)27(35)36)23-13-19(37-14-28(30,31)32)7-9-24(23)34(15)26-21-8-6-18(29)12-25(21)39-33-26/h3-10,12-13,16H,11,14H2,1-2H3,(H,35,36)/t16-/m0/s1. The molecule has 0 bridgehead atoms. The van der Waals surface area contributed by atoms with Crippen LogP contribution in [0.4, 0.5) is 13.2 Å². The van der Waals surface area contributed by atoms with Crippen molar-refractivity contribution < 1.29 is 37.1 Å². The van der Waals surface area contributed by atoms with E-state index in [0.29, 0.717) is 44.9 Å². The minimum Gasteiger partial charge on any atom is -0.484 e. The zero-order valence-corrected chi connectivity index (χ0v) is 21.5. The molecule has 39 heavy (non-hydrogen) atoms. The number of alkyl halides is 3. The Morgan fingerprint density at radius 3 is 2.64 bits per heavy atom. The summed E-state index contributed by atoms with van der Waals surface area (Å²) in [5, 5.41) is 15.3. The van der Waals surface area contributed by atoms with Gasteiger partial charge >= 0.3 is 12.1 Å². The molecular formula is C28H22ClF3N2O5. The van der Waals surface area contributed by atoms with E-state index in [4.69, 9.17) is 25.6 Å². The monoisotopic (exact) mass is 558 g/mol. The Labute approximate surface area is 225 Å². The fourth-order valence-electron chi connectivity index (χ4n) is 4.46. The lowest BCUT2D eigenvalue weighted by Crippen LogP contribution is -2.22. The number of hydrogen-bond acceptors (Lipinski definition) is 5. The van der Waals surface area contributed by atoms with Crippen LogP contribution in [-0.4, -0.2) is 39.7 Å². The maximum atomic E-state index is 12.8. The van der Waals surface area contributed by atoms with Crippen LogP contribution in [0, 0.1) is 6.92 Å². The van der Waals surface area contributed by atoms with Gasteiger partial charge in [0.1, 0.15) is 11.5 Å². The van der Waals surface area contributed by atoms with Crippen molar-refractivity contribution in [1.82, 2.24) is 9.72 Å². The molecule has 5 aromatic rings. The highest BCUT2D eigenvalue weighted by Gasteiger charge is 2.29. The minimum absolute atomic E-state index is 0.0717. The first-order valence-electron chi connectivity index (χ1n) is 11.9. The molecule has 7 nitrogen and oxygen atoms in total. The molecule has 0 amide bonds. The van der Waals surface area contributed by atoms with Crippen LogP contribution in [0.25, 0.3) is 27.7 Å². The van der Waals surface area contributed by atoms with E-state index in [-0.39, 0.29) is 5.75 Å². The number of hydrogen-bond donors (Lipinski definition) is 1. The van der Waals surface area contributed by atoms with Crippen LogP contribution in [-0.2, 0) is 11.2 Å². The molecule has 0 unspecified atom stereocenters. The Balaban J connectivity index is 1.62. The molecule has 3 aromatic carbocycles. The van der Waals surface area contributed by atoms with E-state index in [0.717, 1.165) is 16.8 Å². The molecule has 0 aliphatic carbocycles. The number of fused-ring (bicyclic) bond motifs is 2. The van der Waals surface area contributed by atoms with Gasteiger partial charge in [-0.3, -0.25) is 4.57 Å². The third-order valence-corrected chi connectivity index (χ3v) is 6.51. The van der Waals surface area contributed by atoms with Crippen molar-refractivity contribution in [2.45, 2.75) is 32.5 Å². The van der Waals surface area contributed by atoms with E-state index < -0.39 is 24.9 Å². The smallest absolute Gasteiger partial charge is 0.422 e. The Hall–Kier alpha value is -4.18. The van der Waals surface area contributed by atoms with Gasteiger partial charge in [0.2, 0.25) is 0 Å². The third-order valence-electron chi connectivity index (χ3n) is 6.28. The van der Waals surface area contributed by atoms with Crippen molar-refractivity contribution in [3.8, 4) is 17.3 Å². The van der Waals surface area contributed by atoms with E-state index in [2.05, 4.69) is 5.16 Å². The summed E-state index contributed by atoms with van der Waals surface area (Å²) in [5.41, 5.74) is 3.59. The van der Waals surface area contributed by atoms with E-state index in [9.17, 15) is 23.1 Å². The SMILES string of the molecule is Cc1c(Cc2cccc(O[C@@H](C)C(=O)O)c2)c2cc(OCC(F)(F)F)ccc2n1-c1noc2cc(Cl)ccc12. The molecule has 0 aliphatic heterocycles. The maximum Gasteiger partial charge on any atom is 0.422 e. The van der Waals surface area contributed by atoms with Gasteiger partial charge in [-0.15, -0.1) is 0 Å². The molecule has 202 valence electrons. The molecular weight excluding hydrogens is 537 g/mol. The summed E-state index contributed by atoms with van der Waals surface area (Å²) in [6.45, 7) is 1.91. The highest BCUT2D eigenvalue weighted by Crippen LogP contribution is 2.36. The lowest BCUT2D eigenvalue weighted by Gasteiger charge is -2.12. The van der Waals surface area contributed by atoms with Crippen LogP contribution in [0.1, 0.15) is 23.7 Å². The molecule has 2 heterocycles. The normalized spacial score (nSPS) is 12.7. The largest absolute Gasteiger partial charge is 0.484 e. The second-order valence-electron chi connectivity index (χ2n) is 9.05.